The van der Waals surface area contributed by atoms with E-state index in [-0.39, 0.29) is 24.5 Å². The minimum absolute atomic E-state index is 0.0339. The normalized spacial score (nSPS) is 10.6. The van der Waals surface area contributed by atoms with Crippen LogP contribution in [0.2, 0.25) is 0 Å². The second kappa shape index (κ2) is 6.77. The Balaban J connectivity index is 2.39. The number of aromatic hydroxyl groups is 1. The van der Waals surface area contributed by atoms with Crippen LogP contribution in [0, 0.1) is 0 Å². The maximum absolute atomic E-state index is 10.6. The quantitative estimate of drug-likeness (QED) is 0.420. The zero-order chi connectivity index (χ0) is 13.5. The standard InChI is InChI=1S/C10H13NO7/c12-9-6-7(2-3-8(9)10(13)14)17-4-1-5-18-11(15)16/h2-3,6,12,15-16H,1,4-5H2,(H,13,14). The molecule has 0 aliphatic heterocycles. The Labute approximate surface area is 102 Å². The lowest BCUT2D eigenvalue weighted by molar-refractivity contribution is -0.492. The largest absolute Gasteiger partial charge is 0.507 e. The number of phenols is 1. The average molecular weight is 259 g/mol. The Morgan fingerprint density at radius 3 is 2.56 bits per heavy atom. The van der Waals surface area contributed by atoms with E-state index in [1.807, 2.05) is 0 Å². The summed E-state index contributed by atoms with van der Waals surface area (Å²) in [7, 11) is 0. The van der Waals surface area contributed by atoms with Gasteiger partial charge in [-0.05, 0) is 12.1 Å². The van der Waals surface area contributed by atoms with Crippen LogP contribution < -0.4 is 4.74 Å². The molecular formula is C10H13NO7. The fourth-order valence-corrected chi connectivity index (χ4v) is 1.18. The van der Waals surface area contributed by atoms with Crippen LogP contribution >= 0.6 is 0 Å². The van der Waals surface area contributed by atoms with Gasteiger partial charge in [-0.25, -0.2) is 4.79 Å². The molecule has 0 saturated carbocycles. The molecule has 0 unspecified atom stereocenters. The zero-order valence-electron chi connectivity index (χ0n) is 9.31. The van der Waals surface area contributed by atoms with Gasteiger partial charge in [-0.1, -0.05) is 0 Å². The molecule has 0 fully saturated rings. The third-order valence-corrected chi connectivity index (χ3v) is 1.96. The Morgan fingerprint density at radius 1 is 1.28 bits per heavy atom. The summed E-state index contributed by atoms with van der Waals surface area (Å²) < 4.78 is 5.19. The molecule has 0 aliphatic carbocycles. The highest BCUT2D eigenvalue weighted by Crippen LogP contribution is 2.23. The Morgan fingerprint density at radius 2 is 2.00 bits per heavy atom. The van der Waals surface area contributed by atoms with Crippen LogP contribution in [0.5, 0.6) is 11.5 Å². The van der Waals surface area contributed by atoms with E-state index in [1.165, 1.54) is 18.2 Å². The van der Waals surface area contributed by atoms with Crippen LogP contribution in [0.4, 0.5) is 0 Å². The van der Waals surface area contributed by atoms with E-state index in [1.54, 1.807) is 0 Å². The lowest BCUT2D eigenvalue weighted by Crippen LogP contribution is -2.16. The topological polar surface area (TPSA) is 120 Å². The number of hydrogen-bond acceptors (Lipinski definition) is 7. The summed E-state index contributed by atoms with van der Waals surface area (Å²) in [5.41, 5.74) is -0.207. The zero-order valence-corrected chi connectivity index (χ0v) is 9.31. The molecule has 8 nitrogen and oxygen atoms in total. The first-order valence-electron chi connectivity index (χ1n) is 5.00. The van der Waals surface area contributed by atoms with E-state index in [9.17, 15) is 9.90 Å². The summed E-state index contributed by atoms with van der Waals surface area (Å²) in [5, 5.41) is 34.1. The van der Waals surface area contributed by atoms with E-state index < -0.39 is 11.4 Å². The van der Waals surface area contributed by atoms with Gasteiger partial charge in [0.25, 0.3) is 0 Å². The van der Waals surface area contributed by atoms with Crippen LogP contribution in [0.3, 0.4) is 0 Å². The Kier molecular flexibility index (Phi) is 5.33. The van der Waals surface area contributed by atoms with E-state index in [0.29, 0.717) is 12.2 Å². The number of rotatable bonds is 7. The summed E-state index contributed by atoms with van der Waals surface area (Å²) in [5.74, 6) is -1.30. The first-order valence-corrected chi connectivity index (χ1v) is 5.00. The molecule has 0 aromatic heterocycles. The molecule has 18 heavy (non-hydrogen) atoms. The fourth-order valence-electron chi connectivity index (χ4n) is 1.18. The molecule has 0 radical (unpaired) electrons. The van der Waals surface area contributed by atoms with Crippen molar-refractivity contribution in [1.29, 1.82) is 0 Å². The monoisotopic (exact) mass is 259 g/mol. The molecule has 0 spiro atoms. The molecule has 0 bridgehead atoms. The third-order valence-electron chi connectivity index (χ3n) is 1.96. The van der Waals surface area contributed by atoms with Gasteiger partial charge in [0.15, 0.2) is 0 Å². The van der Waals surface area contributed by atoms with Crippen molar-refractivity contribution in [2.75, 3.05) is 13.2 Å². The van der Waals surface area contributed by atoms with Crippen molar-refractivity contribution in [1.82, 2.24) is 5.39 Å². The molecule has 0 amide bonds. The predicted molar refractivity (Wildman–Crippen MR) is 56.5 cm³/mol. The van der Waals surface area contributed by atoms with Gasteiger partial charge in [0.05, 0.1) is 18.6 Å². The molecule has 0 aliphatic rings. The van der Waals surface area contributed by atoms with Gasteiger partial charge in [-0.2, -0.15) is 0 Å². The SMILES string of the molecule is O=C(O)c1ccc(OCCCON(O)O)cc1O. The molecule has 0 atom stereocenters. The van der Waals surface area contributed by atoms with E-state index in [0.717, 1.165) is 0 Å². The lowest BCUT2D eigenvalue weighted by atomic mass is 10.2. The van der Waals surface area contributed by atoms with Gasteiger partial charge in [-0.3, -0.25) is 15.3 Å². The predicted octanol–water partition coefficient (Wildman–Crippen LogP) is 0.871. The van der Waals surface area contributed by atoms with E-state index in [2.05, 4.69) is 4.84 Å². The number of nitrogens with zero attached hydrogens (tertiary/aromatic N) is 1. The van der Waals surface area contributed by atoms with Crippen molar-refractivity contribution in [3.63, 3.8) is 0 Å². The number of carboxylic acid groups (broad SMARTS) is 1. The second-order valence-electron chi connectivity index (χ2n) is 3.27. The Hall–Kier alpha value is -1.87. The lowest BCUT2D eigenvalue weighted by Gasteiger charge is -2.08. The number of benzene rings is 1. The number of carbonyl (C=O) groups is 1. The molecule has 8 heteroatoms. The van der Waals surface area contributed by atoms with Crippen LogP contribution in [0.1, 0.15) is 16.8 Å². The van der Waals surface area contributed by atoms with Crippen molar-refractivity contribution >= 4 is 5.97 Å². The molecule has 1 aromatic rings. The van der Waals surface area contributed by atoms with Crippen molar-refractivity contribution < 1.29 is 35.0 Å². The first kappa shape index (κ1) is 14.2. The van der Waals surface area contributed by atoms with E-state index >= 15 is 0 Å². The van der Waals surface area contributed by atoms with Gasteiger partial charge < -0.3 is 14.9 Å². The molecule has 100 valence electrons. The number of ether oxygens (including phenoxy) is 1. The van der Waals surface area contributed by atoms with Crippen LogP contribution in [0.15, 0.2) is 18.2 Å². The Bertz CT molecular complexity index is 407. The smallest absolute Gasteiger partial charge is 0.339 e. The maximum atomic E-state index is 10.6. The third kappa shape index (κ3) is 4.55. The van der Waals surface area contributed by atoms with E-state index in [4.69, 9.17) is 20.3 Å². The number of carboxylic acids is 1. The van der Waals surface area contributed by atoms with Crippen molar-refractivity contribution in [3.8, 4) is 11.5 Å². The summed E-state index contributed by atoms with van der Waals surface area (Å²) in [6, 6.07) is 3.83. The second-order valence-corrected chi connectivity index (χ2v) is 3.27. The summed E-state index contributed by atoms with van der Waals surface area (Å²) in [6.45, 7) is 0.242. The molecule has 4 N–H and O–H groups in total. The van der Waals surface area contributed by atoms with Crippen molar-refractivity contribution in [2.45, 2.75) is 6.42 Å². The number of hydrogen-bond donors (Lipinski definition) is 4. The van der Waals surface area contributed by atoms with Crippen molar-refractivity contribution in [2.24, 2.45) is 0 Å². The van der Waals surface area contributed by atoms with Gasteiger partial charge >= 0.3 is 5.97 Å². The van der Waals surface area contributed by atoms with Gasteiger partial charge in [0.1, 0.15) is 17.1 Å². The summed E-state index contributed by atoms with van der Waals surface area (Å²) in [6.07, 6.45) is 0.374. The minimum Gasteiger partial charge on any atom is -0.507 e. The first-order chi connectivity index (χ1) is 8.50. The average Bonchev–Trinajstić information content (AvgIpc) is 2.27. The molecule has 0 saturated heterocycles. The maximum Gasteiger partial charge on any atom is 0.339 e. The fraction of sp³-hybridized carbons (Fsp3) is 0.300. The molecular weight excluding hydrogens is 246 g/mol. The van der Waals surface area contributed by atoms with Crippen LogP contribution in [-0.4, -0.2) is 45.2 Å². The number of aromatic carboxylic acids is 1. The van der Waals surface area contributed by atoms with Crippen LogP contribution in [0.25, 0.3) is 0 Å². The highest BCUT2D eigenvalue weighted by atomic mass is 17.1. The van der Waals surface area contributed by atoms with Crippen LogP contribution in [-0.2, 0) is 4.84 Å². The highest BCUT2D eigenvalue weighted by molar-refractivity contribution is 5.90. The van der Waals surface area contributed by atoms with Gasteiger partial charge in [-0.15, -0.1) is 0 Å². The molecule has 1 aromatic carbocycles. The van der Waals surface area contributed by atoms with Gasteiger partial charge in [0, 0.05) is 12.5 Å². The van der Waals surface area contributed by atoms with Gasteiger partial charge in [0.2, 0.25) is 0 Å². The highest BCUT2D eigenvalue weighted by Gasteiger charge is 2.09. The summed E-state index contributed by atoms with van der Waals surface area (Å²) in [4.78, 5) is 14.9. The summed E-state index contributed by atoms with van der Waals surface area (Å²) >= 11 is 0. The minimum atomic E-state index is -1.22. The molecule has 1 rings (SSSR count). The van der Waals surface area contributed by atoms with Crippen molar-refractivity contribution in [3.05, 3.63) is 23.8 Å². The molecule has 0 heterocycles.